The van der Waals surface area contributed by atoms with Gasteiger partial charge in [-0.2, -0.15) is 5.10 Å². The van der Waals surface area contributed by atoms with Crippen molar-refractivity contribution in [1.82, 2.24) is 19.6 Å². The molecule has 1 aliphatic heterocycles. The zero-order valence-electron chi connectivity index (χ0n) is 14.9. The fraction of sp³-hybridized carbons (Fsp3) is 0.389. The number of likely N-dealkylation sites (N-methyl/N-ethyl adjacent to an activating group) is 1. The number of morpholine rings is 1. The van der Waals surface area contributed by atoms with E-state index in [0.29, 0.717) is 36.8 Å². The van der Waals surface area contributed by atoms with E-state index in [9.17, 15) is 9.59 Å². The molecule has 144 valence electrons. The van der Waals surface area contributed by atoms with E-state index in [4.69, 9.17) is 21.4 Å². The van der Waals surface area contributed by atoms with Crippen molar-refractivity contribution in [1.29, 1.82) is 0 Å². The SMILES string of the molecule is CN(CC(=O)O)CC1CN(C(=O)c2cnn(-c3ccc(Cl)cc3)c2)CCO1. The molecule has 1 unspecified atom stereocenters. The highest BCUT2D eigenvalue weighted by atomic mass is 35.5. The number of carboxylic acid groups (broad SMARTS) is 1. The third-order valence-electron chi connectivity index (χ3n) is 4.27. The summed E-state index contributed by atoms with van der Waals surface area (Å²) in [6, 6.07) is 7.18. The summed E-state index contributed by atoms with van der Waals surface area (Å²) in [4.78, 5) is 27.0. The molecule has 0 aliphatic carbocycles. The minimum Gasteiger partial charge on any atom is -0.480 e. The van der Waals surface area contributed by atoms with E-state index in [0.717, 1.165) is 5.69 Å². The second-order valence-electron chi connectivity index (χ2n) is 6.48. The number of hydrogen-bond donors (Lipinski definition) is 1. The van der Waals surface area contributed by atoms with Gasteiger partial charge in [-0.05, 0) is 31.3 Å². The van der Waals surface area contributed by atoms with E-state index in [1.54, 1.807) is 39.9 Å². The number of aromatic nitrogens is 2. The van der Waals surface area contributed by atoms with E-state index in [-0.39, 0.29) is 18.6 Å². The summed E-state index contributed by atoms with van der Waals surface area (Å²) in [6.07, 6.45) is 3.00. The quantitative estimate of drug-likeness (QED) is 0.799. The summed E-state index contributed by atoms with van der Waals surface area (Å²) in [5, 5.41) is 13.7. The Morgan fingerprint density at radius 1 is 1.37 bits per heavy atom. The second-order valence-corrected chi connectivity index (χ2v) is 6.92. The van der Waals surface area contributed by atoms with Crippen LogP contribution in [-0.2, 0) is 9.53 Å². The van der Waals surface area contributed by atoms with Gasteiger partial charge < -0.3 is 14.7 Å². The van der Waals surface area contributed by atoms with Crippen LogP contribution in [0, 0.1) is 0 Å². The first-order valence-electron chi connectivity index (χ1n) is 8.54. The number of carboxylic acids is 1. The van der Waals surface area contributed by atoms with E-state index in [1.807, 2.05) is 12.1 Å². The predicted octanol–water partition coefficient (Wildman–Crippen LogP) is 1.38. The lowest BCUT2D eigenvalue weighted by Crippen LogP contribution is -2.49. The van der Waals surface area contributed by atoms with Crippen molar-refractivity contribution < 1.29 is 19.4 Å². The maximum atomic E-state index is 12.8. The van der Waals surface area contributed by atoms with Crippen molar-refractivity contribution in [3.63, 3.8) is 0 Å². The first kappa shape index (κ1) is 19.3. The molecule has 3 rings (SSSR count). The molecule has 1 aliphatic rings. The van der Waals surface area contributed by atoms with Crippen molar-refractivity contribution in [2.75, 3.05) is 39.8 Å². The number of hydrogen-bond acceptors (Lipinski definition) is 5. The third-order valence-corrected chi connectivity index (χ3v) is 4.52. The molecule has 1 amide bonds. The van der Waals surface area contributed by atoms with E-state index in [1.165, 1.54) is 6.20 Å². The van der Waals surface area contributed by atoms with Gasteiger partial charge in [-0.25, -0.2) is 4.68 Å². The largest absolute Gasteiger partial charge is 0.480 e. The highest BCUT2D eigenvalue weighted by molar-refractivity contribution is 6.30. The van der Waals surface area contributed by atoms with Crippen LogP contribution in [0.1, 0.15) is 10.4 Å². The molecule has 0 saturated carbocycles. The lowest BCUT2D eigenvalue weighted by atomic mass is 10.2. The molecule has 27 heavy (non-hydrogen) atoms. The average Bonchev–Trinajstić information content (AvgIpc) is 3.11. The predicted molar refractivity (Wildman–Crippen MR) is 99.4 cm³/mol. The van der Waals surface area contributed by atoms with E-state index in [2.05, 4.69) is 5.10 Å². The van der Waals surface area contributed by atoms with E-state index >= 15 is 0 Å². The molecule has 2 aromatic rings. The number of amides is 1. The number of carbonyl (C=O) groups is 2. The highest BCUT2D eigenvalue weighted by Gasteiger charge is 2.27. The Bertz CT molecular complexity index is 808. The van der Waals surface area contributed by atoms with Gasteiger partial charge in [0.1, 0.15) is 0 Å². The molecule has 1 fully saturated rings. The molecular weight excluding hydrogens is 372 g/mol. The summed E-state index contributed by atoms with van der Waals surface area (Å²) in [5.74, 6) is -1.01. The van der Waals surface area contributed by atoms with Crippen LogP contribution in [0.25, 0.3) is 5.69 Å². The first-order valence-corrected chi connectivity index (χ1v) is 8.92. The van der Waals surface area contributed by atoms with Crippen LogP contribution >= 0.6 is 11.6 Å². The number of rotatable bonds is 6. The summed E-state index contributed by atoms with van der Waals surface area (Å²) >= 11 is 5.90. The minimum atomic E-state index is -0.893. The lowest BCUT2D eigenvalue weighted by molar-refractivity contribution is -0.138. The summed E-state index contributed by atoms with van der Waals surface area (Å²) < 4.78 is 7.30. The van der Waals surface area contributed by atoms with Gasteiger partial charge >= 0.3 is 5.97 Å². The Morgan fingerprint density at radius 2 is 2.11 bits per heavy atom. The molecule has 1 aromatic heterocycles. The number of benzene rings is 1. The minimum absolute atomic E-state index is 0.0678. The fourth-order valence-corrected chi connectivity index (χ4v) is 3.13. The van der Waals surface area contributed by atoms with Gasteiger partial charge in [0.25, 0.3) is 5.91 Å². The fourth-order valence-electron chi connectivity index (χ4n) is 3.01. The smallest absolute Gasteiger partial charge is 0.317 e. The van der Waals surface area contributed by atoms with Crippen molar-refractivity contribution in [3.8, 4) is 5.69 Å². The molecule has 2 heterocycles. The second kappa shape index (κ2) is 8.51. The Labute approximate surface area is 161 Å². The molecule has 0 radical (unpaired) electrons. The molecule has 1 atom stereocenters. The summed E-state index contributed by atoms with van der Waals surface area (Å²) in [7, 11) is 1.72. The number of halogens is 1. The maximum Gasteiger partial charge on any atom is 0.317 e. The number of nitrogens with zero attached hydrogens (tertiary/aromatic N) is 4. The Morgan fingerprint density at radius 3 is 2.81 bits per heavy atom. The monoisotopic (exact) mass is 392 g/mol. The lowest BCUT2D eigenvalue weighted by Gasteiger charge is -2.34. The normalized spacial score (nSPS) is 17.3. The van der Waals surface area contributed by atoms with Crippen molar-refractivity contribution in [3.05, 3.63) is 47.2 Å². The maximum absolute atomic E-state index is 12.8. The zero-order chi connectivity index (χ0) is 19.4. The molecule has 0 bridgehead atoms. The number of carbonyl (C=O) groups excluding carboxylic acids is 1. The van der Waals surface area contributed by atoms with Gasteiger partial charge in [0, 0.05) is 30.9 Å². The molecule has 1 N–H and O–H groups in total. The van der Waals surface area contributed by atoms with Gasteiger partial charge in [-0.3, -0.25) is 14.5 Å². The molecule has 1 saturated heterocycles. The first-order chi connectivity index (χ1) is 12.9. The van der Waals surface area contributed by atoms with Gasteiger partial charge in [0.15, 0.2) is 0 Å². The summed E-state index contributed by atoms with van der Waals surface area (Å²) in [5.41, 5.74) is 1.30. The highest BCUT2D eigenvalue weighted by Crippen LogP contribution is 2.15. The molecule has 1 aromatic carbocycles. The van der Waals surface area contributed by atoms with Crippen LogP contribution in [0.3, 0.4) is 0 Å². The molecule has 9 heteroatoms. The van der Waals surface area contributed by atoms with Crippen molar-refractivity contribution >= 4 is 23.5 Å². The molecule has 8 nitrogen and oxygen atoms in total. The number of ether oxygens (including phenoxy) is 1. The average molecular weight is 393 g/mol. The van der Waals surface area contributed by atoms with Crippen molar-refractivity contribution in [2.45, 2.75) is 6.10 Å². The van der Waals surface area contributed by atoms with Crippen LogP contribution < -0.4 is 0 Å². The van der Waals surface area contributed by atoms with E-state index < -0.39 is 5.97 Å². The Balaban J connectivity index is 1.63. The third kappa shape index (κ3) is 5.06. The van der Waals surface area contributed by atoms with Gasteiger partial charge in [0.05, 0.1) is 36.7 Å². The molecular formula is C18H21ClN4O4. The van der Waals surface area contributed by atoms with Gasteiger partial charge in [-0.1, -0.05) is 11.6 Å². The van der Waals surface area contributed by atoms with Crippen LogP contribution in [0.5, 0.6) is 0 Å². The summed E-state index contributed by atoms with van der Waals surface area (Å²) in [6.45, 7) is 1.70. The standard InChI is InChI=1S/C18H21ClN4O4/c1-21(12-17(24)25)10-16-11-22(6-7-27-16)18(26)13-8-20-23(9-13)15-4-2-14(19)3-5-15/h2-5,8-9,16H,6-7,10-12H2,1H3,(H,24,25). The van der Waals surface area contributed by atoms with Crippen LogP contribution in [-0.4, -0.2) is 82.5 Å². The topological polar surface area (TPSA) is 87.9 Å². The number of aliphatic carboxylic acids is 1. The van der Waals surface area contributed by atoms with Gasteiger partial charge in [0.2, 0.25) is 0 Å². The van der Waals surface area contributed by atoms with Crippen LogP contribution in [0.4, 0.5) is 0 Å². The zero-order valence-corrected chi connectivity index (χ0v) is 15.7. The van der Waals surface area contributed by atoms with Crippen molar-refractivity contribution in [2.24, 2.45) is 0 Å². The molecule has 0 spiro atoms. The van der Waals surface area contributed by atoms with Crippen LogP contribution in [0.15, 0.2) is 36.7 Å². The Hall–Kier alpha value is -2.42. The van der Waals surface area contributed by atoms with Crippen LogP contribution in [0.2, 0.25) is 5.02 Å². The Kier molecular flexibility index (Phi) is 6.10. The van der Waals surface area contributed by atoms with Gasteiger partial charge in [-0.15, -0.1) is 0 Å².